The van der Waals surface area contributed by atoms with Crippen molar-refractivity contribution in [3.63, 3.8) is 0 Å². The van der Waals surface area contributed by atoms with Gasteiger partial charge < -0.3 is 10.6 Å². The van der Waals surface area contributed by atoms with Gasteiger partial charge in [0, 0.05) is 19.1 Å². The van der Waals surface area contributed by atoms with Gasteiger partial charge in [-0.1, -0.05) is 6.92 Å². The van der Waals surface area contributed by atoms with Crippen LogP contribution in [0, 0.1) is 0 Å². The molecule has 0 saturated heterocycles. The Labute approximate surface area is 90.7 Å². The third-order valence-electron chi connectivity index (χ3n) is 2.11. The first-order chi connectivity index (χ1) is 6.83. The fraction of sp³-hybridized carbons (Fsp3) is 0.636. The maximum atomic E-state index is 3.49. The van der Waals surface area contributed by atoms with Gasteiger partial charge in [0.1, 0.15) is 0 Å². The predicted molar refractivity (Wildman–Crippen MR) is 63.8 cm³/mol. The van der Waals surface area contributed by atoms with Crippen molar-refractivity contribution in [1.29, 1.82) is 0 Å². The standard InChI is InChI=1S/C11H20N2S/c1-3-5-12-7-10(2)13-8-11-4-6-14-9-11/h4,6,9-10,12-13H,3,5,7-8H2,1-2H3. The van der Waals surface area contributed by atoms with Gasteiger partial charge in [-0.25, -0.2) is 0 Å². The summed E-state index contributed by atoms with van der Waals surface area (Å²) in [5.41, 5.74) is 1.39. The Morgan fingerprint density at radius 1 is 1.50 bits per heavy atom. The number of thiophene rings is 1. The summed E-state index contributed by atoms with van der Waals surface area (Å²) in [5.74, 6) is 0. The molecule has 0 aromatic carbocycles. The van der Waals surface area contributed by atoms with Crippen LogP contribution < -0.4 is 10.6 Å². The van der Waals surface area contributed by atoms with E-state index in [1.165, 1.54) is 12.0 Å². The van der Waals surface area contributed by atoms with E-state index in [0.717, 1.165) is 19.6 Å². The Hall–Kier alpha value is -0.380. The van der Waals surface area contributed by atoms with Gasteiger partial charge in [-0.3, -0.25) is 0 Å². The Bertz CT molecular complexity index is 221. The first kappa shape index (κ1) is 11.7. The minimum absolute atomic E-state index is 0.543. The summed E-state index contributed by atoms with van der Waals surface area (Å²) in [6, 6.07) is 2.71. The maximum absolute atomic E-state index is 3.49. The van der Waals surface area contributed by atoms with Gasteiger partial charge >= 0.3 is 0 Å². The summed E-state index contributed by atoms with van der Waals surface area (Å²) in [6.45, 7) is 7.56. The highest BCUT2D eigenvalue weighted by atomic mass is 32.1. The van der Waals surface area contributed by atoms with E-state index in [-0.39, 0.29) is 0 Å². The van der Waals surface area contributed by atoms with Crippen molar-refractivity contribution in [2.45, 2.75) is 32.9 Å². The molecule has 0 radical (unpaired) electrons. The molecule has 14 heavy (non-hydrogen) atoms. The Kier molecular flexibility index (Phi) is 5.83. The molecular weight excluding hydrogens is 192 g/mol. The second-order valence-corrected chi connectivity index (χ2v) is 4.40. The molecule has 2 nitrogen and oxygen atoms in total. The van der Waals surface area contributed by atoms with E-state index >= 15 is 0 Å². The van der Waals surface area contributed by atoms with Gasteiger partial charge in [-0.15, -0.1) is 0 Å². The van der Waals surface area contributed by atoms with E-state index in [9.17, 15) is 0 Å². The smallest absolute Gasteiger partial charge is 0.0216 e. The molecule has 0 aliphatic rings. The van der Waals surface area contributed by atoms with Crippen LogP contribution in [0.25, 0.3) is 0 Å². The molecule has 0 saturated carbocycles. The van der Waals surface area contributed by atoms with Crippen molar-refractivity contribution in [3.8, 4) is 0 Å². The molecule has 1 unspecified atom stereocenters. The molecule has 0 spiro atoms. The van der Waals surface area contributed by atoms with Crippen LogP contribution in [-0.4, -0.2) is 19.1 Å². The van der Waals surface area contributed by atoms with Crippen LogP contribution in [0.15, 0.2) is 16.8 Å². The van der Waals surface area contributed by atoms with Crippen LogP contribution in [0.4, 0.5) is 0 Å². The van der Waals surface area contributed by atoms with Crippen molar-refractivity contribution in [3.05, 3.63) is 22.4 Å². The first-order valence-corrected chi connectivity index (χ1v) is 6.22. The fourth-order valence-corrected chi connectivity index (χ4v) is 1.92. The minimum Gasteiger partial charge on any atom is -0.315 e. The number of nitrogens with one attached hydrogen (secondary N) is 2. The summed E-state index contributed by atoms with van der Waals surface area (Å²) >= 11 is 1.76. The van der Waals surface area contributed by atoms with Crippen LogP contribution in [0.1, 0.15) is 25.8 Å². The van der Waals surface area contributed by atoms with Crippen molar-refractivity contribution in [2.24, 2.45) is 0 Å². The second-order valence-electron chi connectivity index (χ2n) is 3.62. The first-order valence-electron chi connectivity index (χ1n) is 5.28. The molecule has 3 heteroatoms. The summed E-state index contributed by atoms with van der Waals surface area (Å²) in [4.78, 5) is 0. The molecular formula is C11H20N2S. The van der Waals surface area contributed by atoms with E-state index in [0.29, 0.717) is 6.04 Å². The molecule has 1 atom stereocenters. The van der Waals surface area contributed by atoms with Gasteiger partial charge in [0.15, 0.2) is 0 Å². The molecule has 0 fully saturated rings. The molecule has 1 aromatic rings. The monoisotopic (exact) mass is 212 g/mol. The zero-order chi connectivity index (χ0) is 10.2. The highest BCUT2D eigenvalue weighted by molar-refractivity contribution is 7.07. The molecule has 0 aliphatic carbocycles. The molecule has 0 bridgehead atoms. The lowest BCUT2D eigenvalue weighted by Gasteiger charge is -2.13. The summed E-state index contributed by atoms with van der Waals surface area (Å²) in [7, 11) is 0. The van der Waals surface area contributed by atoms with Gasteiger partial charge in [-0.05, 0) is 42.3 Å². The van der Waals surface area contributed by atoms with Gasteiger partial charge in [-0.2, -0.15) is 11.3 Å². The highest BCUT2D eigenvalue weighted by Gasteiger charge is 2.00. The van der Waals surface area contributed by atoms with Gasteiger partial charge in [0.2, 0.25) is 0 Å². The van der Waals surface area contributed by atoms with E-state index in [4.69, 9.17) is 0 Å². The van der Waals surface area contributed by atoms with Crippen molar-refractivity contribution >= 4 is 11.3 Å². The van der Waals surface area contributed by atoms with E-state index < -0.39 is 0 Å². The van der Waals surface area contributed by atoms with Crippen LogP contribution in [0.5, 0.6) is 0 Å². The van der Waals surface area contributed by atoms with Crippen molar-refractivity contribution in [1.82, 2.24) is 10.6 Å². The topological polar surface area (TPSA) is 24.1 Å². The quantitative estimate of drug-likeness (QED) is 0.677. The minimum atomic E-state index is 0.543. The Morgan fingerprint density at radius 3 is 3.00 bits per heavy atom. The van der Waals surface area contributed by atoms with Crippen LogP contribution >= 0.6 is 11.3 Å². The lowest BCUT2D eigenvalue weighted by molar-refractivity contribution is 0.501. The molecule has 1 rings (SSSR count). The number of rotatable bonds is 7. The molecule has 0 amide bonds. The SMILES string of the molecule is CCCNCC(C)NCc1ccsc1. The lowest BCUT2D eigenvalue weighted by atomic mass is 10.3. The highest BCUT2D eigenvalue weighted by Crippen LogP contribution is 2.05. The van der Waals surface area contributed by atoms with Crippen molar-refractivity contribution < 1.29 is 0 Å². The van der Waals surface area contributed by atoms with Crippen LogP contribution in [0.3, 0.4) is 0 Å². The van der Waals surface area contributed by atoms with Crippen LogP contribution in [0.2, 0.25) is 0 Å². The third kappa shape index (κ3) is 4.74. The van der Waals surface area contributed by atoms with E-state index in [1.54, 1.807) is 11.3 Å². The molecule has 1 aromatic heterocycles. The van der Waals surface area contributed by atoms with Gasteiger partial charge in [0.05, 0.1) is 0 Å². The van der Waals surface area contributed by atoms with Gasteiger partial charge in [0.25, 0.3) is 0 Å². The summed E-state index contributed by atoms with van der Waals surface area (Å²) in [5, 5.41) is 11.2. The Balaban J connectivity index is 2.06. The normalized spacial score (nSPS) is 13.0. The molecule has 80 valence electrons. The average molecular weight is 212 g/mol. The number of hydrogen-bond donors (Lipinski definition) is 2. The Morgan fingerprint density at radius 2 is 2.36 bits per heavy atom. The predicted octanol–water partition coefficient (Wildman–Crippen LogP) is 2.23. The van der Waals surface area contributed by atoms with Crippen molar-refractivity contribution in [2.75, 3.05) is 13.1 Å². The number of hydrogen-bond acceptors (Lipinski definition) is 3. The van der Waals surface area contributed by atoms with E-state index in [2.05, 4.69) is 41.3 Å². The zero-order valence-corrected chi connectivity index (χ0v) is 9.86. The van der Waals surface area contributed by atoms with E-state index in [1.807, 2.05) is 0 Å². The fourth-order valence-electron chi connectivity index (χ4n) is 1.25. The lowest BCUT2D eigenvalue weighted by Crippen LogP contribution is -2.36. The maximum Gasteiger partial charge on any atom is 0.0216 e. The molecule has 2 N–H and O–H groups in total. The average Bonchev–Trinajstić information content (AvgIpc) is 2.68. The zero-order valence-electron chi connectivity index (χ0n) is 9.05. The molecule has 1 heterocycles. The molecule has 0 aliphatic heterocycles. The third-order valence-corrected chi connectivity index (χ3v) is 2.84. The summed E-state index contributed by atoms with van der Waals surface area (Å²) in [6.07, 6.45) is 1.21. The second kappa shape index (κ2) is 6.98. The van der Waals surface area contributed by atoms with Crippen LogP contribution in [-0.2, 0) is 6.54 Å². The summed E-state index contributed by atoms with van der Waals surface area (Å²) < 4.78 is 0. The largest absolute Gasteiger partial charge is 0.315 e.